The van der Waals surface area contributed by atoms with Crippen LogP contribution in [-0.4, -0.2) is 40.0 Å². The third-order valence-electron chi connectivity index (χ3n) is 1.88. The first-order valence-corrected chi connectivity index (χ1v) is 5.07. The van der Waals surface area contributed by atoms with E-state index in [2.05, 4.69) is 0 Å². The zero-order valence-corrected chi connectivity index (χ0v) is 9.62. The molecule has 2 atom stereocenters. The lowest BCUT2D eigenvalue weighted by molar-refractivity contribution is -0.167. The van der Waals surface area contributed by atoms with E-state index in [1.54, 1.807) is 14.2 Å². The van der Waals surface area contributed by atoms with E-state index in [1.807, 2.05) is 13.8 Å². The van der Waals surface area contributed by atoms with Crippen molar-refractivity contribution in [3.05, 3.63) is 0 Å². The summed E-state index contributed by atoms with van der Waals surface area (Å²) in [5, 5.41) is 0. The number of rotatable bonds is 9. The van der Waals surface area contributed by atoms with Crippen LogP contribution in [0.2, 0.25) is 0 Å². The molecule has 2 unspecified atom stereocenters. The quantitative estimate of drug-likeness (QED) is 0.425. The molecule has 0 aromatic heterocycles. The summed E-state index contributed by atoms with van der Waals surface area (Å²) in [6, 6.07) is 0. The summed E-state index contributed by atoms with van der Waals surface area (Å²) in [7, 11) is 3.28. The molecule has 0 saturated carbocycles. The molecule has 0 aliphatic heterocycles. The van der Waals surface area contributed by atoms with E-state index in [9.17, 15) is 0 Å². The van der Waals surface area contributed by atoms with Crippen LogP contribution in [0.5, 0.6) is 0 Å². The van der Waals surface area contributed by atoms with Crippen molar-refractivity contribution >= 4 is 0 Å². The Morgan fingerprint density at radius 1 is 0.786 bits per heavy atom. The van der Waals surface area contributed by atoms with Gasteiger partial charge in [0.1, 0.15) is 0 Å². The highest BCUT2D eigenvalue weighted by atomic mass is 16.7. The van der Waals surface area contributed by atoms with Crippen molar-refractivity contribution in [1.82, 2.24) is 0 Å². The maximum Gasteiger partial charge on any atom is 0.157 e. The summed E-state index contributed by atoms with van der Waals surface area (Å²) in [6.07, 6.45) is 1.44. The second-order valence-electron chi connectivity index (χ2n) is 2.89. The SMILES string of the molecule is CCC(OC)OCCOC(CC)OC. The van der Waals surface area contributed by atoms with Gasteiger partial charge in [-0.25, -0.2) is 0 Å². The Balaban J connectivity index is 3.35. The van der Waals surface area contributed by atoms with E-state index in [1.165, 1.54) is 0 Å². The molecule has 0 aliphatic rings. The molecule has 0 heterocycles. The molecular formula is C10H22O4. The molecule has 0 aromatic rings. The van der Waals surface area contributed by atoms with Crippen LogP contribution in [0.3, 0.4) is 0 Å². The summed E-state index contributed by atoms with van der Waals surface area (Å²) < 4.78 is 20.9. The van der Waals surface area contributed by atoms with E-state index in [4.69, 9.17) is 18.9 Å². The van der Waals surface area contributed by atoms with Gasteiger partial charge >= 0.3 is 0 Å². The second kappa shape index (κ2) is 9.40. The van der Waals surface area contributed by atoms with Gasteiger partial charge in [-0.05, 0) is 12.8 Å². The van der Waals surface area contributed by atoms with Crippen molar-refractivity contribution in [2.45, 2.75) is 39.3 Å². The Bertz CT molecular complexity index is 96.7. The highest BCUT2D eigenvalue weighted by Gasteiger charge is 2.06. The fourth-order valence-electron chi connectivity index (χ4n) is 1.06. The van der Waals surface area contributed by atoms with Crippen molar-refractivity contribution in [3.63, 3.8) is 0 Å². The van der Waals surface area contributed by atoms with Gasteiger partial charge in [-0.3, -0.25) is 0 Å². The van der Waals surface area contributed by atoms with E-state index in [-0.39, 0.29) is 12.6 Å². The van der Waals surface area contributed by atoms with Crippen LogP contribution >= 0.6 is 0 Å². The summed E-state index contributed by atoms with van der Waals surface area (Å²) >= 11 is 0. The third kappa shape index (κ3) is 6.32. The fourth-order valence-corrected chi connectivity index (χ4v) is 1.06. The maximum absolute atomic E-state index is 5.38. The van der Waals surface area contributed by atoms with E-state index in [0.717, 1.165) is 12.8 Å². The Labute approximate surface area is 86.5 Å². The molecule has 0 aromatic carbocycles. The van der Waals surface area contributed by atoms with Crippen LogP contribution < -0.4 is 0 Å². The van der Waals surface area contributed by atoms with Crippen LogP contribution in [-0.2, 0) is 18.9 Å². The van der Waals surface area contributed by atoms with Gasteiger partial charge in [0.25, 0.3) is 0 Å². The zero-order valence-electron chi connectivity index (χ0n) is 9.62. The molecule has 0 N–H and O–H groups in total. The minimum atomic E-state index is -0.124. The second-order valence-corrected chi connectivity index (χ2v) is 2.89. The predicted molar refractivity (Wildman–Crippen MR) is 54.1 cm³/mol. The molecule has 4 nitrogen and oxygen atoms in total. The van der Waals surface area contributed by atoms with Gasteiger partial charge in [-0.15, -0.1) is 0 Å². The Hall–Kier alpha value is -0.160. The Morgan fingerprint density at radius 2 is 1.14 bits per heavy atom. The van der Waals surface area contributed by atoms with Gasteiger partial charge in [-0.2, -0.15) is 0 Å². The summed E-state index contributed by atoms with van der Waals surface area (Å²) in [4.78, 5) is 0. The highest BCUT2D eigenvalue weighted by Crippen LogP contribution is 2.00. The van der Waals surface area contributed by atoms with Crippen LogP contribution in [0.1, 0.15) is 26.7 Å². The lowest BCUT2D eigenvalue weighted by Crippen LogP contribution is -2.21. The fraction of sp³-hybridized carbons (Fsp3) is 1.00. The first-order chi connectivity index (χ1) is 6.78. The van der Waals surface area contributed by atoms with Gasteiger partial charge in [0.05, 0.1) is 13.2 Å². The van der Waals surface area contributed by atoms with Gasteiger partial charge in [-0.1, -0.05) is 13.8 Å². The number of hydrogen-bond donors (Lipinski definition) is 0. The monoisotopic (exact) mass is 206 g/mol. The van der Waals surface area contributed by atoms with Crippen LogP contribution in [0.15, 0.2) is 0 Å². The average Bonchev–Trinajstić information content (AvgIpc) is 2.24. The first-order valence-electron chi connectivity index (χ1n) is 5.07. The van der Waals surface area contributed by atoms with Crippen molar-refractivity contribution in [2.75, 3.05) is 27.4 Å². The molecule has 4 heteroatoms. The number of methoxy groups -OCH3 is 2. The standard InChI is InChI=1S/C10H22O4/c1-5-9(11-3)13-7-8-14-10(6-2)12-4/h9-10H,5-8H2,1-4H3. The van der Waals surface area contributed by atoms with E-state index < -0.39 is 0 Å². The van der Waals surface area contributed by atoms with Gasteiger partial charge in [0.2, 0.25) is 0 Å². The molecule has 0 fully saturated rings. The molecule has 0 bridgehead atoms. The van der Waals surface area contributed by atoms with Crippen molar-refractivity contribution in [3.8, 4) is 0 Å². The molecular weight excluding hydrogens is 184 g/mol. The largest absolute Gasteiger partial charge is 0.356 e. The smallest absolute Gasteiger partial charge is 0.157 e. The zero-order chi connectivity index (χ0) is 10.8. The Kier molecular flexibility index (Phi) is 9.29. The maximum atomic E-state index is 5.38. The van der Waals surface area contributed by atoms with E-state index >= 15 is 0 Å². The summed E-state index contributed by atoms with van der Waals surface area (Å²) in [5.41, 5.74) is 0. The van der Waals surface area contributed by atoms with Gasteiger partial charge in [0, 0.05) is 14.2 Å². The van der Waals surface area contributed by atoms with Crippen LogP contribution in [0.4, 0.5) is 0 Å². The minimum Gasteiger partial charge on any atom is -0.356 e. The molecule has 0 saturated heterocycles. The first kappa shape index (κ1) is 13.8. The van der Waals surface area contributed by atoms with Crippen molar-refractivity contribution in [1.29, 1.82) is 0 Å². The summed E-state index contributed by atoms with van der Waals surface area (Å²) in [6.45, 7) is 5.09. The van der Waals surface area contributed by atoms with E-state index in [0.29, 0.717) is 13.2 Å². The van der Waals surface area contributed by atoms with Crippen LogP contribution in [0, 0.1) is 0 Å². The third-order valence-corrected chi connectivity index (χ3v) is 1.88. The topological polar surface area (TPSA) is 36.9 Å². The molecule has 0 aliphatic carbocycles. The molecule has 86 valence electrons. The molecule has 0 amide bonds. The Morgan fingerprint density at radius 3 is 1.36 bits per heavy atom. The van der Waals surface area contributed by atoms with Crippen molar-refractivity contribution < 1.29 is 18.9 Å². The molecule has 0 radical (unpaired) electrons. The normalized spacial score (nSPS) is 15.4. The van der Waals surface area contributed by atoms with Crippen LogP contribution in [0.25, 0.3) is 0 Å². The lowest BCUT2D eigenvalue weighted by Gasteiger charge is -2.16. The number of hydrogen-bond acceptors (Lipinski definition) is 4. The number of ether oxygens (including phenoxy) is 4. The minimum absolute atomic E-state index is 0.124. The predicted octanol–water partition coefficient (Wildman–Crippen LogP) is 1.78. The van der Waals surface area contributed by atoms with Gasteiger partial charge in [0.15, 0.2) is 12.6 Å². The molecule has 0 rings (SSSR count). The molecule has 0 spiro atoms. The summed E-state index contributed by atoms with van der Waals surface area (Å²) in [5.74, 6) is 0. The lowest BCUT2D eigenvalue weighted by atomic mass is 10.5. The van der Waals surface area contributed by atoms with Gasteiger partial charge < -0.3 is 18.9 Å². The molecule has 14 heavy (non-hydrogen) atoms. The average molecular weight is 206 g/mol. The van der Waals surface area contributed by atoms with Crippen molar-refractivity contribution in [2.24, 2.45) is 0 Å². The highest BCUT2D eigenvalue weighted by molar-refractivity contribution is 4.41.